The number of benzene rings is 1. The molecule has 0 radical (unpaired) electrons. The maximum Gasteiger partial charge on any atom is 0.238 e. The van der Waals surface area contributed by atoms with Gasteiger partial charge in [-0.2, -0.15) is 0 Å². The molecule has 0 aliphatic heterocycles. The molecular formula is C12H16N4O3S. The summed E-state index contributed by atoms with van der Waals surface area (Å²) in [5.74, 6) is 0.568. The lowest BCUT2D eigenvalue weighted by atomic mass is 10.1. The van der Waals surface area contributed by atoms with E-state index in [2.05, 4.69) is 10.3 Å². The second kappa shape index (κ2) is 5.22. The Labute approximate surface area is 117 Å². The average molecular weight is 296 g/mol. The van der Waals surface area contributed by atoms with E-state index in [9.17, 15) is 8.42 Å². The van der Waals surface area contributed by atoms with Gasteiger partial charge >= 0.3 is 0 Å². The molecule has 108 valence electrons. The van der Waals surface area contributed by atoms with Crippen molar-refractivity contribution in [3.63, 3.8) is 0 Å². The highest BCUT2D eigenvalue weighted by atomic mass is 32.2. The SMILES string of the molecule is Cc1cc(OCc2cn(C)nn2)cc(C)c1S(N)(=O)=O. The van der Waals surface area contributed by atoms with Crippen LogP contribution in [-0.4, -0.2) is 23.4 Å². The van der Waals surface area contributed by atoms with E-state index in [-0.39, 0.29) is 11.5 Å². The van der Waals surface area contributed by atoms with Crippen LogP contribution in [0, 0.1) is 13.8 Å². The van der Waals surface area contributed by atoms with Crippen molar-refractivity contribution in [3.8, 4) is 5.75 Å². The molecule has 2 rings (SSSR count). The number of aryl methyl sites for hydroxylation is 3. The van der Waals surface area contributed by atoms with Gasteiger partial charge in [0.1, 0.15) is 18.1 Å². The zero-order valence-corrected chi connectivity index (χ0v) is 12.3. The van der Waals surface area contributed by atoms with Gasteiger partial charge in [0.25, 0.3) is 0 Å². The van der Waals surface area contributed by atoms with Gasteiger partial charge in [-0.25, -0.2) is 13.6 Å². The summed E-state index contributed by atoms with van der Waals surface area (Å²) in [6.45, 7) is 3.63. The fraction of sp³-hybridized carbons (Fsp3) is 0.333. The Hall–Kier alpha value is -1.93. The van der Waals surface area contributed by atoms with Crippen molar-refractivity contribution in [2.75, 3.05) is 0 Å². The monoisotopic (exact) mass is 296 g/mol. The summed E-state index contributed by atoms with van der Waals surface area (Å²) in [5.41, 5.74) is 1.81. The minimum Gasteiger partial charge on any atom is -0.487 e. The Morgan fingerprint density at radius 3 is 2.35 bits per heavy atom. The van der Waals surface area contributed by atoms with Crippen LogP contribution in [-0.2, 0) is 23.7 Å². The van der Waals surface area contributed by atoms with Crippen molar-refractivity contribution in [3.05, 3.63) is 35.2 Å². The molecule has 0 aliphatic rings. The second-order valence-corrected chi connectivity index (χ2v) is 6.10. The lowest BCUT2D eigenvalue weighted by Gasteiger charge is -2.11. The Morgan fingerprint density at radius 1 is 1.30 bits per heavy atom. The molecule has 1 aromatic carbocycles. The van der Waals surface area contributed by atoms with E-state index in [1.54, 1.807) is 43.9 Å². The highest BCUT2D eigenvalue weighted by molar-refractivity contribution is 7.89. The van der Waals surface area contributed by atoms with E-state index in [1.807, 2.05) is 0 Å². The highest BCUT2D eigenvalue weighted by Crippen LogP contribution is 2.25. The lowest BCUT2D eigenvalue weighted by Crippen LogP contribution is -2.15. The van der Waals surface area contributed by atoms with E-state index in [0.717, 1.165) is 0 Å². The van der Waals surface area contributed by atoms with Crippen molar-refractivity contribution >= 4 is 10.0 Å². The summed E-state index contributed by atoms with van der Waals surface area (Å²) in [7, 11) is -1.96. The predicted octanol–water partition coefficient (Wildman–Crippen LogP) is 0.658. The van der Waals surface area contributed by atoms with Gasteiger partial charge in [0, 0.05) is 7.05 Å². The molecule has 0 spiro atoms. The van der Waals surface area contributed by atoms with Crippen molar-refractivity contribution in [1.29, 1.82) is 0 Å². The maximum atomic E-state index is 11.5. The smallest absolute Gasteiger partial charge is 0.238 e. The molecule has 20 heavy (non-hydrogen) atoms. The average Bonchev–Trinajstić information content (AvgIpc) is 2.69. The molecule has 0 saturated carbocycles. The molecular weight excluding hydrogens is 280 g/mol. The highest BCUT2D eigenvalue weighted by Gasteiger charge is 2.16. The minimum absolute atomic E-state index is 0.143. The van der Waals surface area contributed by atoms with Gasteiger partial charge in [0.2, 0.25) is 10.0 Å². The van der Waals surface area contributed by atoms with Gasteiger partial charge in [0.05, 0.1) is 11.1 Å². The quantitative estimate of drug-likeness (QED) is 0.893. The van der Waals surface area contributed by atoms with Gasteiger partial charge in [-0.1, -0.05) is 5.21 Å². The van der Waals surface area contributed by atoms with Crippen molar-refractivity contribution < 1.29 is 13.2 Å². The number of rotatable bonds is 4. The third-order valence-electron chi connectivity index (χ3n) is 2.76. The minimum atomic E-state index is -3.73. The largest absolute Gasteiger partial charge is 0.487 e. The lowest BCUT2D eigenvalue weighted by molar-refractivity contribution is 0.300. The van der Waals surface area contributed by atoms with E-state index < -0.39 is 10.0 Å². The van der Waals surface area contributed by atoms with Gasteiger partial charge in [-0.15, -0.1) is 5.10 Å². The number of ether oxygens (including phenoxy) is 1. The first kappa shape index (κ1) is 14.5. The third-order valence-corrected chi connectivity index (χ3v) is 3.97. The number of nitrogens with zero attached hydrogens (tertiary/aromatic N) is 3. The van der Waals surface area contributed by atoms with Crippen molar-refractivity contribution in [2.45, 2.75) is 25.3 Å². The number of nitrogens with two attached hydrogens (primary N) is 1. The fourth-order valence-corrected chi connectivity index (χ4v) is 3.08. The van der Waals surface area contributed by atoms with Crippen LogP contribution >= 0.6 is 0 Å². The second-order valence-electron chi connectivity index (χ2n) is 4.60. The molecule has 0 amide bonds. The summed E-state index contributed by atoms with van der Waals surface area (Å²) in [6.07, 6.45) is 1.75. The topological polar surface area (TPSA) is 100 Å². The molecule has 0 aliphatic carbocycles. The maximum absolute atomic E-state index is 11.5. The first-order valence-corrected chi connectivity index (χ1v) is 7.44. The Kier molecular flexibility index (Phi) is 3.78. The van der Waals surface area contributed by atoms with Crippen molar-refractivity contribution in [2.24, 2.45) is 12.2 Å². The standard InChI is InChI=1S/C12H16N4O3S/c1-8-4-11(5-9(2)12(8)20(13,17)18)19-7-10-6-16(3)15-14-10/h4-6H,7H2,1-3H3,(H2,13,17,18). The van der Waals surface area contributed by atoms with Crippen molar-refractivity contribution in [1.82, 2.24) is 15.0 Å². The molecule has 2 N–H and O–H groups in total. The fourth-order valence-electron chi connectivity index (χ4n) is 2.06. The number of hydrogen-bond donors (Lipinski definition) is 1. The number of primary sulfonamides is 1. The van der Waals surface area contributed by atoms with Gasteiger partial charge in [-0.05, 0) is 37.1 Å². The van der Waals surface area contributed by atoms with Crippen LogP contribution in [0.2, 0.25) is 0 Å². The van der Waals surface area contributed by atoms with Gasteiger partial charge in [-0.3, -0.25) is 4.68 Å². The molecule has 8 heteroatoms. The molecule has 0 unspecified atom stereocenters. The Bertz CT molecular complexity index is 714. The normalized spacial score (nSPS) is 11.6. The van der Waals surface area contributed by atoms with Crippen LogP contribution in [0.15, 0.2) is 23.2 Å². The zero-order valence-electron chi connectivity index (χ0n) is 11.5. The van der Waals surface area contributed by atoms with Crippen LogP contribution in [0.5, 0.6) is 5.75 Å². The van der Waals surface area contributed by atoms with Crippen LogP contribution in [0.4, 0.5) is 0 Å². The molecule has 0 atom stereocenters. The van der Waals surface area contributed by atoms with E-state index >= 15 is 0 Å². The molecule has 7 nitrogen and oxygen atoms in total. The van der Waals surface area contributed by atoms with Crippen LogP contribution < -0.4 is 9.88 Å². The summed E-state index contributed by atoms with van der Waals surface area (Å²) in [5, 5.41) is 12.9. The Morgan fingerprint density at radius 2 is 1.90 bits per heavy atom. The summed E-state index contributed by atoms with van der Waals surface area (Å²) in [4.78, 5) is 0.143. The molecule has 1 aromatic heterocycles. The summed E-state index contributed by atoms with van der Waals surface area (Å²) in [6, 6.07) is 3.28. The van der Waals surface area contributed by atoms with Crippen LogP contribution in [0.1, 0.15) is 16.8 Å². The molecule has 1 heterocycles. The zero-order chi connectivity index (χ0) is 14.9. The number of sulfonamides is 1. The molecule has 0 fully saturated rings. The number of hydrogen-bond acceptors (Lipinski definition) is 5. The van der Waals surface area contributed by atoms with E-state index in [4.69, 9.17) is 9.88 Å². The molecule has 2 aromatic rings. The van der Waals surface area contributed by atoms with E-state index in [0.29, 0.717) is 22.6 Å². The Balaban J connectivity index is 2.23. The van der Waals surface area contributed by atoms with Crippen LogP contribution in [0.25, 0.3) is 0 Å². The first-order chi connectivity index (χ1) is 9.27. The van der Waals surface area contributed by atoms with Gasteiger partial charge < -0.3 is 4.74 Å². The van der Waals surface area contributed by atoms with E-state index in [1.165, 1.54) is 0 Å². The molecule has 0 saturated heterocycles. The summed E-state index contributed by atoms with van der Waals surface area (Å²) < 4.78 is 30.1. The molecule has 0 bridgehead atoms. The summed E-state index contributed by atoms with van der Waals surface area (Å²) >= 11 is 0. The van der Waals surface area contributed by atoms with Crippen LogP contribution in [0.3, 0.4) is 0 Å². The third kappa shape index (κ3) is 3.14. The number of aromatic nitrogens is 3. The predicted molar refractivity (Wildman–Crippen MR) is 72.6 cm³/mol. The first-order valence-electron chi connectivity index (χ1n) is 5.89. The van der Waals surface area contributed by atoms with Gasteiger partial charge in [0.15, 0.2) is 0 Å².